The summed E-state index contributed by atoms with van der Waals surface area (Å²) in [6.45, 7) is 1.84. The van der Waals surface area contributed by atoms with Crippen molar-refractivity contribution in [3.8, 4) is 5.75 Å². The maximum absolute atomic E-state index is 12.1. The van der Waals surface area contributed by atoms with Gasteiger partial charge in [-0.25, -0.2) is 8.42 Å². The van der Waals surface area contributed by atoms with Crippen molar-refractivity contribution in [1.29, 1.82) is 0 Å². The summed E-state index contributed by atoms with van der Waals surface area (Å²) in [6, 6.07) is 10.3. The molecule has 0 unspecified atom stereocenters. The molecular formula is C13H12ClNO3S. The van der Waals surface area contributed by atoms with Crippen LogP contribution in [0.1, 0.15) is 5.56 Å². The molecule has 0 radical (unpaired) electrons. The Kier molecular flexibility index (Phi) is 3.68. The molecule has 0 saturated carbocycles. The molecule has 0 amide bonds. The Labute approximate surface area is 116 Å². The van der Waals surface area contributed by atoms with Crippen LogP contribution in [-0.2, 0) is 10.0 Å². The third-order valence-electron chi connectivity index (χ3n) is 2.51. The monoisotopic (exact) mass is 297 g/mol. The molecule has 19 heavy (non-hydrogen) atoms. The van der Waals surface area contributed by atoms with Crippen molar-refractivity contribution in [2.45, 2.75) is 11.8 Å². The van der Waals surface area contributed by atoms with E-state index in [0.717, 1.165) is 5.56 Å². The van der Waals surface area contributed by atoms with Gasteiger partial charge in [-0.3, -0.25) is 4.72 Å². The van der Waals surface area contributed by atoms with E-state index >= 15 is 0 Å². The number of sulfonamides is 1. The maximum atomic E-state index is 12.1. The van der Waals surface area contributed by atoms with E-state index < -0.39 is 10.0 Å². The van der Waals surface area contributed by atoms with E-state index in [0.29, 0.717) is 10.7 Å². The van der Waals surface area contributed by atoms with Gasteiger partial charge in [0.15, 0.2) is 0 Å². The molecule has 100 valence electrons. The predicted octanol–water partition coefficient (Wildman–Crippen LogP) is 3.15. The van der Waals surface area contributed by atoms with Gasteiger partial charge in [-0.05, 0) is 48.9 Å². The molecule has 0 saturated heterocycles. The molecule has 6 heteroatoms. The van der Waals surface area contributed by atoms with E-state index in [1.807, 2.05) is 6.92 Å². The van der Waals surface area contributed by atoms with E-state index in [2.05, 4.69) is 4.72 Å². The average molecular weight is 298 g/mol. The molecule has 0 aliphatic heterocycles. The van der Waals surface area contributed by atoms with Crippen LogP contribution in [0.3, 0.4) is 0 Å². The summed E-state index contributed by atoms with van der Waals surface area (Å²) in [6.07, 6.45) is 0. The first kappa shape index (κ1) is 13.7. The van der Waals surface area contributed by atoms with Crippen molar-refractivity contribution in [2.24, 2.45) is 0 Å². The number of phenols is 1. The van der Waals surface area contributed by atoms with Gasteiger partial charge >= 0.3 is 0 Å². The van der Waals surface area contributed by atoms with Crippen molar-refractivity contribution < 1.29 is 13.5 Å². The topological polar surface area (TPSA) is 66.4 Å². The highest BCUT2D eigenvalue weighted by molar-refractivity contribution is 7.92. The van der Waals surface area contributed by atoms with Gasteiger partial charge in [0.1, 0.15) is 5.75 Å². The highest BCUT2D eigenvalue weighted by atomic mass is 35.5. The Bertz CT molecular complexity index is 696. The lowest BCUT2D eigenvalue weighted by Crippen LogP contribution is -2.13. The first-order valence-corrected chi connectivity index (χ1v) is 7.32. The lowest BCUT2D eigenvalue weighted by molar-refractivity contribution is 0.475. The second-order valence-electron chi connectivity index (χ2n) is 4.08. The van der Waals surface area contributed by atoms with Crippen molar-refractivity contribution in [3.05, 3.63) is 53.1 Å². The lowest BCUT2D eigenvalue weighted by Gasteiger charge is -2.10. The molecule has 0 atom stereocenters. The molecule has 2 N–H and O–H groups in total. The van der Waals surface area contributed by atoms with Crippen molar-refractivity contribution in [2.75, 3.05) is 4.72 Å². The van der Waals surface area contributed by atoms with Gasteiger partial charge in [-0.1, -0.05) is 17.7 Å². The molecule has 0 aliphatic carbocycles. The van der Waals surface area contributed by atoms with Gasteiger partial charge in [0.2, 0.25) is 0 Å². The van der Waals surface area contributed by atoms with Gasteiger partial charge in [-0.15, -0.1) is 0 Å². The van der Waals surface area contributed by atoms with Crippen molar-refractivity contribution in [3.63, 3.8) is 0 Å². The molecule has 0 spiro atoms. The summed E-state index contributed by atoms with van der Waals surface area (Å²) in [4.78, 5) is 0.0582. The van der Waals surface area contributed by atoms with Gasteiger partial charge in [0.25, 0.3) is 10.0 Å². The molecule has 2 aromatic carbocycles. The summed E-state index contributed by atoms with van der Waals surface area (Å²) >= 11 is 5.95. The minimum absolute atomic E-state index is 0.00698. The van der Waals surface area contributed by atoms with E-state index in [-0.39, 0.29) is 10.6 Å². The van der Waals surface area contributed by atoms with Crippen molar-refractivity contribution in [1.82, 2.24) is 0 Å². The highest BCUT2D eigenvalue weighted by Crippen LogP contribution is 2.26. The largest absolute Gasteiger partial charge is 0.508 e. The van der Waals surface area contributed by atoms with Gasteiger partial charge in [0, 0.05) is 0 Å². The fourth-order valence-corrected chi connectivity index (χ4v) is 2.84. The Morgan fingerprint density at radius 2 is 1.74 bits per heavy atom. The van der Waals surface area contributed by atoms with E-state index in [1.54, 1.807) is 18.2 Å². The number of hydrogen-bond acceptors (Lipinski definition) is 3. The number of nitrogens with one attached hydrogen (secondary N) is 1. The lowest BCUT2D eigenvalue weighted by atomic mass is 10.2. The minimum atomic E-state index is -3.71. The van der Waals surface area contributed by atoms with Crippen LogP contribution >= 0.6 is 11.6 Å². The van der Waals surface area contributed by atoms with Crippen LogP contribution < -0.4 is 4.72 Å². The highest BCUT2D eigenvalue weighted by Gasteiger charge is 2.15. The fourth-order valence-electron chi connectivity index (χ4n) is 1.55. The zero-order chi connectivity index (χ0) is 14.0. The molecule has 2 aromatic rings. The number of benzene rings is 2. The van der Waals surface area contributed by atoms with Gasteiger partial charge in [0.05, 0.1) is 15.6 Å². The second kappa shape index (κ2) is 5.11. The van der Waals surface area contributed by atoms with Crippen LogP contribution in [-0.4, -0.2) is 13.5 Å². The molecule has 0 aliphatic rings. The standard InChI is InChI=1S/C13H12ClNO3S/c1-9-2-7-12(14)13(8-9)15-19(17,18)11-5-3-10(16)4-6-11/h2-8,15-16H,1H3. The number of aryl methyl sites for hydroxylation is 1. The number of aromatic hydroxyl groups is 1. The number of halogens is 1. The van der Waals surface area contributed by atoms with E-state index in [4.69, 9.17) is 16.7 Å². The number of hydrogen-bond donors (Lipinski definition) is 2. The summed E-state index contributed by atoms with van der Waals surface area (Å²) in [7, 11) is -3.71. The zero-order valence-corrected chi connectivity index (χ0v) is 11.7. The van der Waals surface area contributed by atoms with Crippen LogP contribution in [0.25, 0.3) is 0 Å². The Morgan fingerprint density at radius 1 is 1.11 bits per heavy atom. The zero-order valence-electron chi connectivity index (χ0n) is 10.1. The first-order valence-electron chi connectivity index (χ1n) is 5.46. The van der Waals surface area contributed by atoms with Crippen LogP contribution in [0.5, 0.6) is 5.75 Å². The molecule has 0 heterocycles. The van der Waals surface area contributed by atoms with E-state index in [9.17, 15) is 8.42 Å². The van der Waals surface area contributed by atoms with Crippen LogP contribution in [0.4, 0.5) is 5.69 Å². The van der Waals surface area contributed by atoms with Crippen LogP contribution in [0.15, 0.2) is 47.4 Å². The normalized spacial score (nSPS) is 11.3. The molecule has 0 fully saturated rings. The van der Waals surface area contributed by atoms with Gasteiger partial charge in [-0.2, -0.15) is 0 Å². The molecule has 0 bridgehead atoms. The smallest absolute Gasteiger partial charge is 0.261 e. The third kappa shape index (κ3) is 3.19. The SMILES string of the molecule is Cc1ccc(Cl)c(NS(=O)(=O)c2ccc(O)cc2)c1. The summed E-state index contributed by atoms with van der Waals surface area (Å²) in [5.41, 5.74) is 1.22. The molecule has 2 rings (SSSR count). The Balaban J connectivity index is 2.36. The van der Waals surface area contributed by atoms with Crippen molar-refractivity contribution >= 4 is 27.3 Å². The fraction of sp³-hybridized carbons (Fsp3) is 0.0769. The molecule has 4 nitrogen and oxygen atoms in total. The average Bonchev–Trinajstić information content (AvgIpc) is 2.34. The predicted molar refractivity (Wildman–Crippen MR) is 75.1 cm³/mol. The molecule has 0 aromatic heterocycles. The second-order valence-corrected chi connectivity index (χ2v) is 6.17. The minimum Gasteiger partial charge on any atom is -0.508 e. The summed E-state index contributed by atoms with van der Waals surface area (Å²) in [5.74, 6) is 0.00698. The number of anilines is 1. The van der Waals surface area contributed by atoms with Crippen LogP contribution in [0, 0.1) is 6.92 Å². The first-order chi connectivity index (χ1) is 8.88. The van der Waals surface area contributed by atoms with E-state index in [1.165, 1.54) is 24.3 Å². The maximum Gasteiger partial charge on any atom is 0.261 e. The summed E-state index contributed by atoms with van der Waals surface area (Å²) < 4.78 is 26.7. The summed E-state index contributed by atoms with van der Waals surface area (Å²) in [5, 5.41) is 9.48. The number of phenolic OH excluding ortho intramolecular Hbond substituents is 1. The molecular weight excluding hydrogens is 286 g/mol. The van der Waals surface area contributed by atoms with Crippen LogP contribution in [0.2, 0.25) is 5.02 Å². The Morgan fingerprint density at radius 3 is 2.37 bits per heavy atom. The Hall–Kier alpha value is -1.72. The third-order valence-corrected chi connectivity index (χ3v) is 4.22. The van der Waals surface area contributed by atoms with Gasteiger partial charge < -0.3 is 5.11 Å². The number of rotatable bonds is 3. The quantitative estimate of drug-likeness (QED) is 0.914.